The number of aliphatic hydroxyl groups is 1. The average molecular weight is 510 g/mol. The van der Waals surface area contributed by atoms with Crippen molar-refractivity contribution in [3.8, 4) is 0 Å². The van der Waals surface area contributed by atoms with E-state index in [1.54, 1.807) is 0 Å². The zero-order valence-electron chi connectivity index (χ0n) is 14.3. The normalized spacial score (nSPS) is 29.6. The van der Waals surface area contributed by atoms with Crippen LogP contribution in [0.25, 0.3) is 0 Å². The molecule has 21 heteroatoms. The number of halogens is 3. The second-order valence-corrected chi connectivity index (χ2v) is 9.93. The first kappa shape index (κ1) is 27.3. The van der Waals surface area contributed by atoms with E-state index in [0.717, 1.165) is 0 Å². The van der Waals surface area contributed by atoms with Gasteiger partial charge in [-0.2, -0.15) is 21.8 Å². The van der Waals surface area contributed by atoms with E-state index in [2.05, 4.69) is 18.1 Å². The van der Waals surface area contributed by atoms with Gasteiger partial charge in [-0.05, 0) is 0 Å². The van der Waals surface area contributed by atoms with Gasteiger partial charge in [-0.3, -0.25) is 14.3 Å². The van der Waals surface area contributed by atoms with Crippen molar-refractivity contribution >= 4 is 35.6 Å². The summed E-state index contributed by atoms with van der Waals surface area (Å²) in [4.78, 5) is 49.0. The third-order valence-corrected chi connectivity index (χ3v) is 6.91. The number of hydrogen-bond acceptors (Lipinski definition) is 10. The summed E-state index contributed by atoms with van der Waals surface area (Å²) in [5, 5.41) is 9.81. The van der Waals surface area contributed by atoms with Crippen LogP contribution in [0.3, 0.4) is 0 Å². The number of hydrogen-bond donors (Lipinski definition) is 6. The van der Waals surface area contributed by atoms with Crippen LogP contribution < -0.4 is 5.73 Å². The summed E-state index contributed by atoms with van der Waals surface area (Å²) in [6.07, 6.45) is -11.4. The Hall–Kier alpha value is -0.740. The summed E-state index contributed by atoms with van der Waals surface area (Å²) in [5.74, 6) is -3.57. The Balaban J connectivity index is 2.86. The summed E-state index contributed by atoms with van der Waals surface area (Å²) >= 11 is 0. The fourth-order valence-electron chi connectivity index (χ4n) is 2.08. The fraction of sp³-hybridized carbons (Fsp3) is 0.778. The molecule has 1 fully saturated rings. The SMILES string of the molecule is NC(=O)CC=NC1OC(COP(=O)(O)OP(=O)(O)OP(=O)(O)O)C(O)C1C(F)(F)F. The van der Waals surface area contributed by atoms with Gasteiger partial charge in [0.2, 0.25) is 5.91 Å². The molecule has 6 atom stereocenters. The highest BCUT2D eigenvalue weighted by Crippen LogP contribution is 2.66. The Kier molecular flexibility index (Phi) is 8.93. The minimum atomic E-state index is -5.84. The molecule has 6 unspecified atom stereocenters. The van der Waals surface area contributed by atoms with Crippen LogP contribution in [0.2, 0.25) is 0 Å². The lowest BCUT2D eigenvalue weighted by Gasteiger charge is -2.21. The Morgan fingerprint density at radius 1 is 1.13 bits per heavy atom. The number of primary amides is 1. The third-order valence-electron chi connectivity index (χ3n) is 3.11. The molecule has 176 valence electrons. The van der Waals surface area contributed by atoms with E-state index in [4.69, 9.17) is 25.2 Å². The number of aliphatic hydroxyl groups excluding tert-OH is 1. The summed E-state index contributed by atoms with van der Waals surface area (Å²) < 4.78 is 88.4. The van der Waals surface area contributed by atoms with Gasteiger partial charge < -0.3 is 35.2 Å². The predicted octanol–water partition coefficient (Wildman–Crippen LogP) is -0.460. The van der Waals surface area contributed by atoms with Gasteiger partial charge in [0.25, 0.3) is 0 Å². The first-order valence-corrected chi connectivity index (χ1v) is 11.8. The number of carbonyl (C=O) groups excluding carboxylic acids is 1. The van der Waals surface area contributed by atoms with Crippen LogP contribution in [0.5, 0.6) is 0 Å². The third kappa shape index (κ3) is 9.18. The lowest BCUT2D eigenvalue weighted by Crippen LogP contribution is -2.39. The molecule has 0 radical (unpaired) electrons. The van der Waals surface area contributed by atoms with Crippen molar-refractivity contribution in [1.82, 2.24) is 0 Å². The summed E-state index contributed by atoms with van der Waals surface area (Å²) in [6, 6.07) is 0. The smallest absolute Gasteiger partial charge is 0.389 e. The van der Waals surface area contributed by atoms with E-state index >= 15 is 0 Å². The quantitative estimate of drug-likeness (QED) is 0.161. The minimum Gasteiger partial charge on any atom is -0.389 e. The van der Waals surface area contributed by atoms with Gasteiger partial charge in [0.05, 0.1) is 19.1 Å². The van der Waals surface area contributed by atoms with E-state index in [1.165, 1.54) is 0 Å². The molecule has 0 saturated carbocycles. The van der Waals surface area contributed by atoms with E-state index in [9.17, 15) is 41.7 Å². The number of nitrogens with zero attached hydrogens (tertiary/aromatic N) is 1. The van der Waals surface area contributed by atoms with Gasteiger partial charge in [0.1, 0.15) is 12.0 Å². The van der Waals surface area contributed by atoms with Crippen LogP contribution in [0, 0.1) is 5.92 Å². The molecule has 0 aliphatic carbocycles. The number of ether oxygens (including phenoxy) is 1. The maximum Gasteiger partial charge on any atom is 0.490 e. The number of phosphoric ester groups is 1. The van der Waals surface area contributed by atoms with Crippen LogP contribution in [0.4, 0.5) is 13.2 Å². The van der Waals surface area contributed by atoms with Crippen molar-refractivity contribution in [1.29, 1.82) is 0 Å². The van der Waals surface area contributed by atoms with Crippen molar-refractivity contribution in [2.24, 2.45) is 16.6 Å². The lowest BCUT2D eigenvalue weighted by molar-refractivity contribution is -0.200. The number of phosphoric acid groups is 3. The van der Waals surface area contributed by atoms with Crippen molar-refractivity contribution in [2.45, 2.75) is 31.0 Å². The second-order valence-electron chi connectivity index (χ2n) is 5.51. The van der Waals surface area contributed by atoms with Gasteiger partial charge in [-0.25, -0.2) is 13.7 Å². The number of aliphatic imine (C=N–C) groups is 1. The van der Waals surface area contributed by atoms with Crippen molar-refractivity contribution in [3.05, 3.63) is 0 Å². The molecule has 30 heavy (non-hydrogen) atoms. The molecule has 15 nitrogen and oxygen atoms in total. The van der Waals surface area contributed by atoms with Gasteiger partial charge in [0, 0.05) is 6.21 Å². The second kappa shape index (κ2) is 9.81. The van der Waals surface area contributed by atoms with Gasteiger partial charge >= 0.3 is 29.6 Å². The number of amides is 1. The van der Waals surface area contributed by atoms with E-state index < -0.39 is 72.9 Å². The molecular weight excluding hydrogens is 494 g/mol. The minimum absolute atomic E-state index is 0.549. The molecule has 1 saturated heterocycles. The first-order chi connectivity index (χ1) is 13.3. The van der Waals surface area contributed by atoms with Crippen LogP contribution in [-0.2, 0) is 36.4 Å². The van der Waals surface area contributed by atoms with Crippen molar-refractivity contribution in [2.75, 3.05) is 6.61 Å². The predicted molar refractivity (Wildman–Crippen MR) is 86.3 cm³/mol. The first-order valence-electron chi connectivity index (χ1n) is 7.31. The largest absolute Gasteiger partial charge is 0.490 e. The van der Waals surface area contributed by atoms with Gasteiger partial charge in [-0.15, -0.1) is 0 Å². The molecule has 0 bridgehead atoms. The summed E-state index contributed by atoms with van der Waals surface area (Å²) in [7, 11) is -17.1. The molecule has 0 aromatic heterocycles. The Morgan fingerprint density at radius 2 is 1.70 bits per heavy atom. The fourth-order valence-corrected chi connectivity index (χ4v) is 5.11. The maximum absolute atomic E-state index is 13.1. The molecule has 0 aromatic rings. The van der Waals surface area contributed by atoms with Crippen LogP contribution in [0.15, 0.2) is 4.99 Å². The number of carbonyl (C=O) groups is 1. The standard InChI is InChI=1S/C9H16F3N2O13P3/c10-9(11,12)6-7(16)4(25-8(6)14-2-1-5(13)15)3-24-29(20,21)27-30(22,23)26-28(17,18)19/h2,4,6-8,16H,1,3H2,(H2,13,15)(H,20,21)(H,22,23)(H2,17,18,19). The highest BCUT2D eigenvalue weighted by molar-refractivity contribution is 7.66. The topological polar surface area (TPSA) is 245 Å². The number of nitrogens with two attached hydrogens (primary N) is 1. The average Bonchev–Trinajstić information content (AvgIpc) is 2.77. The molecular formula is C9H16F3N2O13P3. The number of rotatable bonds is 10. The molecule has 0 aromatic carbocycles. The van der Waals surface area contributed by atoms with E-state index in [1.807, 2.05) is 0 Å². The van der Waals surface area contributed by atoms with E-state index in [0.29, 0.717) is 6.21 Å². The van der Waals surface area contributed by atoms with Gasteiger partial charge in [0.15, 0.2) is 6.23 Å². The number of alkyl halides is 3. The zero-order chi connectivity index (χ0) is 23.5. The molecule has 0 spiro atoms. The molecule has 1 amide bonds. The van der Waals surface area contributed by atoms with Crippen molar-refractivity contribution < 1.29 is 74.2 Å². The zero-order valence-corrected chi connectivity index (χ0v) is 17.0. The van der Waals surface area contributed by atoms with E-state index in [-0.39, 0.29) is 0 Å². The van der Waals surface area contributed by atoms with Crippen molar-refractivity contribution in [3.63, 3.8) is 0 Å². The highest BCUT2D eigenvalue weighted by Gasteiger charge is 2.58. The lowest BCUT2D eigenvalue weighted by atomic mass is 9.99. The Labute approximate surface area is 165 Å². The van der Waals surface area contributed by atoms with Gasteiger partial charge in [-0.1, -0.05) is 0 Å². The molecule has 1 heterocycles. The Morgan fingerprint density at radius 3 is 2.17 bits per heavy atom. The molecule has 1 rings (SSSR count). The van der Waals surface area contributed by atoms with Crippen LogP contribution in [0.1, 0.15) is 6.42 Å². The molecule has 1 aliphatic heterocycles. The highest BCUT2D eigenvalue weighted by atomic mass is 31.3. The maximum atomic E-state index is 13.1. The van der Waals surface area contributed by atoms with Crippen LogP contribution in [-0.4, -0.2) is 68.0 Å². The monoisotopic (exact) mass is 510 g/mol. The summed E-state index contributed by atoms with van der Waals surface area (Å²) in [5.41, 5.74) is 4.80. The molecule has 7 N–H and O–H groups in total. The Bertz CT molecular complexity index is 800. The van der Waals surface area contributed by atoms with Crippen LogP contribution >= 0.6 is 23.5 Å². The summed E-state index contributed by atoms with van der Waals surface area (Å²) in [6.45, 7) is -1.32. The molecule has 1 aliphatic rings.